The topological polar surface area (TPSA) is 48.2 Å². The van der Waals surface area contributed by atoms with Gasteiger partial charge in [-0.3, -0.25) is 10.4 Å². The molecule has 0 aromatic heterocycles. The van der Waals surface area contributed by atoms with E-state index >= 15 is 0 Å². The van der Waals surface area contributed by atoms with Crippen molar-refractivity contribution >= 4 is 12.6 Å². The van der Waals surface area contributed by atoms with E-state index in [4.69, 9.17) is 5.41 Å². The molecule has 0 fully saturated rings. The van der Waals surface area contributed by atoms with E-state index in [0.29, 0.717) is 0 Å². The third-order valence-electron chi connectivity index (χ3n) is 2.09. The van der Waals surface area contributed by atoms with Crippen LogP contribution < -0.4 is 5.32 Å². The first-order chi connectivity index (χ1) is 7.38. The van der Waals surface area contributed by atoms with E-state index in [2.05, 4.69) is 28.5 Å². The monoisotopic (exact) mass is 203 g/mol. The van der Waals surface area contributed by atoms with Gasteiger partial charge in [-0.2, -0.15) is 0 Å². The number of hydrogen-bond acceptors (Lipinski definition) is 2. The lowest BCUT2D eigenvalue weighted by Gasteiger charge is -2.15. The second-order valence-corrected chi connectivity index (χ2v) is 3.22. The fraction of sp³-hybridized carbons (Fsp3) is 0.333. The van der Waals surface area contributed by atoms with Crippen LogP contribution in [0.3, 0.4) is 0 Å². The third kappa shape index (κ3) is 3.94. The van der Waals surface area contributed by atoms with Crippen molar-refractivity contribution in [1.82, 2.24) is 5.32 Å². The molecular formula is C12H17N3. The maximum atomic E-state index is 7.05. The molecule has 1 aliphatic carbocycles. The van der Waals surface area contributed by atoms with Crippen molar-refractivity contribution in [3.63, 3.8) is 0 Å². The Bertz CT molecular complexity index is 311. The quantitative estimate of drug-likeness (QED) is 0.523. The largest absolute Gasteiger partial charge is 0.351 e. The molecule has 1 rings (SSSR count). The normalized spacial score (nSPS) is 18.1. The van der Waals surface area contributed by atoms with Gasteiger partial charge in [0.1, 0.15) is 6.17 Å². The fourth-order valence-electron chi connectivity index (χ4n) is 1.36. The smallest absolute Gasteiger partial charge is 0.145 e. The molecule has 2 N–H and O–H groups in total. The number of nitrogens with one attached hydrogen (secondary N) is 2. The summed E-state index contributed by atoms with van der Waals surface area (Å²) in [4.78, 5) is 4.33. The van der Waals surface area contributed by atoms with E-state index < -0.39 is 0 Å². The lowest BCUT2D eigenvalue weighted by atomic mass is 10.1. The van der Waals surface area contributed by atoms with Gasteiger partial charge >= 0.3 is 0 Å². The molecule has 1 unspecified atom stereocenters. The van der Waals surface area contributed by atoms with E-state index in [-0.39, 0.29) is 6.17 Å². The molecule has 80 valence electrons. The summed E-state index contributed by atoms with van der Waals surface area (Å²) < 4.78 is 0. The van der Waals surface area contributed by atoms with Crippen molar-refractivity contribution in [3.05, 3.63) is 36.0 Å². The van der Waals surface area contributed by atoms with Crippen LogP contribution in [0.5, 0.6) is 0 Å². The summed E-state index contributed by atoms with van der Waals surface area (Å²) in [6.45, 7) is 1.95. The van der Waals surface area contributed by atoms with Crippen LogP contribution in [-0.2, 0) is 0 Å². The minimum Gasteiger partial charge on any atom is -0.351 e. The van der Waals surface area contributed by atoms with E-state index in [9.17, 15) is 0 Å². The van der Waals surface area contributed by atoms with Crippen LogP contribution in [0, 0.1) is 5.41 Å². The molecule has 3 heteroatoms. The Morgan fingerprint density at radius 2 is 2.40 bits per heavy atom. The minimum absolute atomic E-state index is 0.129. The van der Waals surface area contributed by atoms with Crippen LogP contribution in [-0.4, -0.2) is 18.7 Å². The minimum atomic E-state index is -0.129. The van der Waals surface area contributed by atoms with Gasteiger partial charge in [-0.25, -0.2) is 0 Å². The molecule has 0 aromatic carbocycles. The molecule has 3 nitrogen and oxygen atoms in total. The zero-order valence-corrected chi connectivity index (χ0v) is 8.98. The first-order valence-electron chi connectivity index (χ1n) is 5.14. The maximum Gasteiger partial charge on any atom is 0.145 e. The van der Waals surface area contributed by atoms with Crippen molar-refractivity contribution in [2.45, 2.75) is 25.9 Å². The number of rotatable bonds is 5. The summed E-state index contributed by atoms with van der Waals surface area (Å²) in [5.41, 5.74) is 1.13. The van der Waals surface area contributed by atoms with E-state index in [0.717, 1.165) is 18.4 Å². The molecule has 0 radical (unpaired) electrons. The van der Waals surface area contributed by atoms with Gasteiger partial charge in [0.05, 0.1) is 6.34 Å². The average Bonchev–Trinajstić information content (AvgIpc) is 2.29. The standard InChI is InChI=1S/C12H17N3/c1-2-3-9-14-12(15-10-13)11-7-5-4-6-8-11/h2-3,5,7-10,12H,4,6H2,1H3,(H2,13,15)/b3-2+,14-9+. The van der Waals surface area contributed by atoms with Gasteiger partial charge in [0.2, 0.25) is 0 Å². The second kappa shape index (κ2) is 6.76. The third-order valence-corrected chi connectivity index (χ3v) is 2.09. The number of nitrogens with zero attached hydrogens (tertiary/aromatic N) is 1. The van der Waals surface area contributed by atoms with Gasteiger partial charge in [-0.05, 0) is 31.4 Å². The van der Waals surface area contributed by atoms with Gasteiger partial charge in [0.15, 0.2) is 0 Å². The number of hydrogen-bond donors (Lipinski definition) is 2. The van der Waals surface area contributed by atoms with Crippen molar-refractivity contribution in [2.75, 3.05) is 0 Å². The molecule has 0 saturated heterocycles. The predicted molar refractivity (Wildman–Crippen MR) is 65.5 cm³/mol. The summed E-state index contributed by atoms with van der Waals surface area (Å²) >= 11 is 0. The molecular weight excluding hydrogens is 186 g/mol. The molecule has 0 aliphatic heterocycles. The summed E-state index contributed by atoms with van der Waals surface area (Å²) in [7, 11) is 0. The molecule has 0 aromatic rings. The molecule has 0 bridgehead atoms. The molecule has 1 aliphatic rings. The molecule has 0 heterocycles. The summed E-state index contributed by atoms with van der Waals surface area (Å²) in [5, 5.41) is 9.95. The van der Waals surface area contributed by atoms with Gasteiger partial charge < -0.3 is 5.32 Å². The Labute approximate surface area is 90.8 Å². The molecule has 15 heavy (non-hydrogen) atoms. The van der Waals surface area contributed by atoms with E-state index in [1.54, 1.807) is 6.21 Å². The molecule has 0 saturated carbocycles. The van der Waals surface area contributed by atoms with Crippen LogP contribution in [0.2, 0.25) is 0 Å². The van der Waals surface area contributed by atoms with Crippen LogP contribution in [0.15, 0.2) is 40.9 Å². The lowest BCUT2D eigenvalue weighted by Crippen LogP contribution is -2.27. The van der Waals surface area contributed by atoms with Crippen molar-refractivity contribution in [2.24, 2.45) is 4.99 Å². The maximum absolute atomic E-state index is 7.05. The number of aliphatic imine (C=N–C) groups is 1. The van der Waals surface area contributed by atoms with Crippen LogP contribution in [0.25, 0.3) is 0 Å². The zero-order chi connectivity index (χ0) is 10.9. The average molecular weight is 203 g/mol. The first kappa shape index (κ1) is 11.4. The predicted octanol–water partition coefficient (Wildman–Crippen LogP) is 2.43. The van der Waals surface area contributed by atoms with Crippen molar-refractivity contribution in [3.8, 4) is 0 Å². The Kier molecular flexibility index (Phi) is 5.15. The first-order valence-corrected chi connectivity index (χ1v) is 5.14. The fourth-order valence-corrected chi connectivity index (χ4v) is 1.36. The second-order valence-electron chi connectivity index (χ2n) is 3.22. The van der Waals surface area contributed by atoms with Crippen molar-refractivity contribution in [1.29, 1.82) is 5.41 Å². The zero-order valence-electron chi connectivity index (χ0n) is 8.98. The van der Waals surface area contributed by atoms with Crippen LogP contribution in [0.4, 0.5) is 0 Å². The Hall–Kier alpha value is -1.64. The number of allylic oxidation sites excluding steroid dienone is 4. The Balaban J connectivity index is 2.68. The van der Waals surface area contributed by atoms with Crippen LogP contribution in [0.1, 0.15) is 19.8 Å². The lowest BCUT2D eigenvalue weighted by molar-refractivity contribution is 0.743. The Morgan fingerprint density at radius 3 is 3.00 bits per heavy atom. The molecule has 0 amide bonds. The highest BCUT2D eigenvalue weighted by atomic mass is 15.1. The van der Waals surface area contributed by atoms with Gasteiger partial charge in [0.25, 0.3) is 0 Å². The summed E-state index contributed by atoms with van der Waals surface area (Å²) in [6, 6.07) is 0. The highest BCUT2D eigenvalue weighted by Gasteiger charge is 2.08. The highest BCUT2D eigenvalue weighted by Crippen LogP contribution is 2.13. The highest BCUT2D eigenvalue weighted by molar-refractivity contribution is 5.71. The van der Waals surface area contributed by atoms with Crippen molar-refractivity contribution < 1.29 is 0 Å². The summed E-state index contributed by atoms with van der Waals surface area (Å²) in [5.74, 6) is 0. The molecule has 1 atom stereocenters. The van der Waals surface area contributed by atoms with E-state index in [1.807, 2.05) is 19.1 Å². The molecule has 0 spiro atoms. The van der Waals surface area contributed by atoms with Gasteiger partial charge in [-0.15, -0.1) is 0 Å². The SMILES string of the molecule is C/C=C/C=N/C(NC=N)C1=CCCC=C1. The van der Waals surface area contributed by atoms with Gasteiger partial charge in [0, 0.05) is 6.21 Å². The van der Waals surface area contributed by atoms with E-state index in [1.165, 1.54) is 6.34 Å². The summed E-state index contributed by atoms with van der Waals surface area (Å²) in [6.07, 6.45) is 15.1. The van der Waals surface area contributed by atoms with Crippen LogP contribution >= 0.6 is 0 Å². The van der Waals surface area contributed by atoms with Gasteiger partial charge in [-0.1, -0.05) is 24.3 Å². The Morgan fingerprint density at radius 1 is 1.53 bits per heavy atom.